The average molecular weight is 372 g/mol. The smallest absolute Gasteiger partial charge is 0.165 e. The van der Waals surface area contributed by atoms with Gasteiger partial charge in [0, 0.05) is 5.56 Å². The number of nitrogens with two attached hydrogens (primary N) is 1. The SMILES string of the molecule is CCOc1ccc(-c2cc(-c3ccccc3)nc3ncnc(N)c23)cc1OC. The van der Waals surface area contributed by atoms with Gasteiger partial charge in [0.25, 0.3) is 0 Å². The number of ether oxygens (including phenoxy) is 2. The molecule has 0 unspecified atom stereocenters. The van der Waals surface area contributed by atoms with Crippen LogP contribution < -0.4 is 15.2 Å². The lowest BCUT2D eigenvalue weighted by molar-refractivity contribution is 0.311. The van der Waals surface area contributed by atoms with Crippen LogP contribution in [-0.4, -0.2) is 28.7 Å². The molecule has 28 heavy (non-hydrogen) atoms. The van der Waals surface area contributed by atoms with Gasteiger partial charge in [-0.05, 0) is 36.2 Å². The topological polar surface area (TPSA) is 83.2 Å². The number of anilines is 1. The average Bonchev–Trinajstić information content (AvgIpc) is 2.74. The Morgan fingerprint density at radius 3 is 2.50 bits per heavy atom. The van der Waals surface area contributed by atoms with Crippen LogP contribution in [0.1, 0.15) is 6.92 Å². The maximum absolute atomic E-state index is 6.18. The molecule has 0 radical (unpaired) electrons. The van der Waals surface area contributed by atoms with Crippen molar-refractivity contribution in [3.63, 3.8) is 0 Å². The van der Waals surface area contributed by atoms with Crippen LogP contribution in [0.4, 0.5) is 5.82 Å². The van der Waals surface area contributed by atoms with E-state index in [2.05, 4.69) is 9.97 Å². The second-order valence-electron chi connectivity index (χ2n) is 6.18. The van der Waals surface area contributed by atoms with Crippen LogP contribution in [0.2, 0.25) is 0 Å². The third kappa shape index (κ3) is 3.20. The molecule has 0 aliphatic carbocycles. The van der Waals surface area contributed by atoms with Gasteiger partial charge in [-0.3, -0.25) is 0 Å². The van der Waals surface area contributed by atoms with Gasteiger partial charge < -0.3 is 15.2 Å². The lowest BCUT2D eigenvalue weighted by Crippen LogP contribution is -1.99. The number of pyridine rings is 1. The van der Waals surface area contributed by atoms with Crippen molar-refractivity contribution in [2.75, 3.05) is 19.5 Å². The zero-order valence-electron chi connectivity index (χ0n) is 15.7. The Balaban J connectivity index is 1.97. The summed E-state index contributed by atoms with van der Waals surface area (Å²) in [5.74, 6) is 1.74. The van der Waals surface area contributed by atoms with Gasteiger partial charge in [-0.25, -0.2) is 15.0 Å². The van der Waals surface area contributed by atoms with Crippen molar-refractivity contribution >= 4 is 16.9 Å². The summed E-state index contributed by atoms with van der Waals surface area (Å²) in [4.78, 5) is 13.2. The molecule has 4 rings (SSSR count). The third-order valence-corrected chi connectivity index (χ3v) is 4.48. The van der Waals surface area contributed by atoms with E-state index < -0.39 is 0 Å². The Morgan fingerprint density at radius 2 is 1.75 bits per heavy atom. The quantitative estimate of drug-likeness (QED) is 0.561. The zero-order valence-corrected chi connectivity index (χ0v) is 15.7. The van der Waals surface area contributed by atoms with Crippen LogP contribution >= 0.6 is 0 Å². The van der Waals surface area contributed by atoms with Crippen LogP contribution in [0, 0.1) is 0 Å². The number of nitrogen functional groups attached to an aromatic ring is 1. The highest BCUT2D eigenvalue weighted by molar-refractivity contribution is 6.01. The number of rotatable bonds is 5. The Morgan fingerprint density at radius 1 is 0.929 bits per heavy atom. The fourth-order valence-corrected chi connectivity index (χ4v) is 3.18. The molecule has 2 N–H and O–H groups in total. The van der Waals surface area contributed by atoms with E-state index in [4.69, 9.17) is 20.2 Å². The lowest BCUT2D eigenvalue weighted by atomic mass is 9.99. The van der Waals surface area contributed by atoms with E-state index in [0.29, 0.717) is 35.0 Å². The number of hydrogen-bond acceptors (Lipinski definition) is 6. The summed E-state index contributed by atoms with van der Waals surface area (Å²) in [7, 11) is 1.62. The minimum Gasteiger partial charge on any atom is -0.493 e. The lowest BCUT2D eigenvalue weighted by Gasteiger charge is -2.14. The monoisotopic (exact) mass is 372 g/mol. The standard InChI is InChI=1S/C22H20N4O2/c1-3-28-18-10-9-15(11-19(18)27-2)16-12-17(14-7-5-4-6-8-14)26-22-20(16)21(23)24-13-25-22/h4-13H,3H2,1-2H3,(H2,23,24,25,26). The van der Waals surface area contributed by atoms with Crippen molar-refractivity contribution in [2.45, 2.75) is 6.92 Å². The third-order valence-electron chi connectivity index (χ3n) is 4.48. The van der Waals surface area contributed by atoms with Crippen molar-refractivity contribution in [1.82, 2.24) is 15.0 Å². The van der Waals surface area contributed by atoms with Gasteiger partial charge in [0.05, 0.1) is 24.8 Å². The molecule has 0 bridgehead atoms. The molecule has 0 aliphatic rings. The molecule has 6 heteroatoms. The van der Waals surface area contributed by atoms with Gasteiger partial charge in [0.2, 0.25) is 0 Å². The molecule has 2 aromatic carbocycles. The minimum atomic E-state index is 0.389. The Hall–Kier alpha value is -3.67. The molecule has 0 saturated carbocycles. The Bertz CT molecular complexity index is 1130. The molecule has 2 aromatic heterocycles. The molecule has 0 saturated heterocycles. The highest BCUT2D eigenvalue weighted by atomic mass is 16.5. The first-order valence-electron chi connectivity index (χ1n) is 8.99. The number of nitrogens with zero attached hydrogens (tertiary/aromatic N) is 3. The van der Waals surface area contributed by atoms with Crippen molar-refractivity contribution in [3.05, 3.63) is 60.9 Å². The number of benzene rings is 2. The van der Waals surface area contributed by atoms with E-state index in [-0.39, 0.29) is 0 Å². The van der Waals surface area contributed by atoms with Gasteiger partial charge >= 0.3 is 0 Å². The van der Waals surface area contributed by atoms with E-state index in [9.17, 15) is 0 Å². The van der Waals surface area contributed by atoms with Crippen LogP contribution in [0.25, 0.3) is 33.4 Å². The molecule has 0 amide bonds. The predicted octanol–water partition coefficient (Wildman–Crippen LogP) is 4.35. The van der Waals surface area contributed by atoms with Gasteiger partial charge in [-0.2, -0.15) is 0 Å². The van der Waals surface area contributed by atoms with Gasteiger partial charge in [-0.1, -0.05) is 36.4 Å². The largest absolute Gasteiger partial charge is 0.493 e. The molecule has 4 aromatic rings. The fourth-order valence-electron chi connectivity index (χ4n) is 3.18. The highest BCUT2D eigenvalue weighted by Crippen LogP contribution is 2.37. The van der Waals surface area contributed by atoms with Crippen LogP contribution in [0.5, 0.6) is 11.5 Å². The summed E-state index contributed by atoms with van der Waals surface area (Å²) in [6, 6.07) is 17.8. The van der Waals surface area contributed by atoms with E-state index in [1.165, 1.54) is 6.33 Å². The van der Waals surface area contributed by atoms with E-state index in [1.54, 1.807) is 7.11 Å². The molecule has 0 aliphatic heterocycles. The normalized spacial score (nSPS) is 10.8. The predicted molar refractivity (Wildman–Crippen MR) is 110 cm³/mol. The first kappa shape index (κ1) is 17.7. The molecular formula is C22H20N4O2. The van der Waals surface area contributed by atoms with E-state index in [0.717, 1.165) is 22.4 Å². The van der Waals surface area contributed by atoms with E-state index in [1.807, 2.05) is 61.5 Å². The molecule has 0 fully saturated rings. The second kappa shape index (κ2) is 7.52. The first-order valence-corrected chi connectivity index (χ1v) is 8.99. The van der Waals surface area contributed by atoms with Crippen molar-refractivity contribution in [3.8, 4) is 33.9 Å². The van der Waals surface area contributed by atoms with Crippen LogP contribution in [-0.2, 0) is 0 Å². The molecule has 6 nitrogen and oxygen atoms in total. The Kier molecular flexibility index (Phi) is 4.76. The second-order valence-corrected chi connectivity index (χ2v) is 6.18. The van der Waals surface area contributed by atoms with Gasteiger partial charge in [0.1, 0.15) is 12.1 Å². The van der Waals surface area contributed by atoms with Crippen molar-refractivity contribution in [1.29, 1.82) is 0 Å². The van der Waals surface area contributed by atoms with Gasteiger partial charge in [0.15, 0.2) is 17.1 Å². The molecular weight excluding hydrogens is 352 g/mol. The summed E-state index contributed by atoms with van der Waals surface area (Å²) in [5, 5.41) is 0.716. The highest BCUT2D eigenvalue weighted by Gasteiger charge is 2.15. The summed E-state index contributed by atoms with van der Waals surface area (Å²) in [6.07, 6.45) is 1.43. The summed E-state index contributed by atoms with van der Waals surface area (Å²) in [6.45, 7) is 2.50. The van der Waals surface area contributed by atoms with Gasteiger partial charge in [-0.15, -0.1) is 0 Å². The number of fused-ring (bicyclic) bond motifs is 1. The molecule has 140 valence electrons. The maximum Gasteiger partial charge on any atom is 0.165 e. The van der Waals surface area contributed by atoms with Crippen LogP contribution in [0.3, 0.4) is 0 Å². The molecule has 2 heterocycles. The van der Waals surface area contributed by atoms with Crippen molar-refractivity contribution in [2.24, 2.45) is 0 Å². The fraction of sp³-hybridized carbons (Fsp3) is 0.136. The zero-order chi connectivity index (χ0) is 19.5. The molecule has 0 spiro atoms. The van der Waals surface area contributed by atoms with Crippen LogP contribution in [0.15, 0.2) is 60.9 Å². The number of hydrogen-bond donors (Lipinski definition) is 1. The van der Waals surface area contributed by atoms with E-state index >= 15 is 0 Å². The first-order chi connectivity index (χ1) is 13.7. The molecule has 0 atom stereocenters. The minimum absolute atomic E-state index is 0.389. The Labute approximate surface area is 163 Å². The summed E-state index contributed by atoms with van der Waals surface area (Å²) < 4.78 is 11.2. The van der Waals surface area contributed by atoms with Crippen molar-refractivity contribution < 1.29 is 9.47 Å². The maximum atomic E-state index is 6.18. The summed E-state index contributed by atoms with van der Waals surface area (Å²) >= 11 is 0. The summed E-state index contributed by atoms with van der Waals surface area (Å²) in [5.41, 5.74) is 10.4. The number of methoxy groups -OCH3 is 1. The number of aromatic nitrogens is 3.